The minimum atomic E-state index is 0.283. The van der Waals surface area contributed by atoms with Gasteiger partial charge in [0.2, 0.25) is 0 Å². The van der Waals surface area contributed by atoms with Gasteiger partial charge in [-0.1, -0.05) is 6.07 Å². The van der Waals surface area contributed by atoms with Gasteiger partial charge in [-0.2, -0.15) is 0 Å². The van der Waals surface area contributed by atoms with E-state index in [1.165, 1.54) is 4.88 Å². The van der Waals surface area contributed by atoms with Gasteiger partial charge in [0.1, 0.15) is 5.76 Å². The summed E-state index contributed by atoms with van der Waals surface area (Å²) in [5.41, 5.74) is 0. The maximum atomic E-state index is 5.64. The minimum Gasteiger partial charge on any atom is -0.467 e. The summed E-state index contributed by atoms with van der Waals surface area (Å²) in [6, 6.07) is 8.07. The van der Waals surface area contributed by atoms with Crippen molar-refractivity contribution >= 4 is 28.7 Å². The number of ether oxygens (including phenoxy) is 1. The molecule has 0 aliphatic carbocycles. The Labute approximate surface area is 140 Å². The van der Waals surface area contributed by atoms with Crippen LogP contribution in [0.15, 0.2) is 40.3 Å². The third-order valence-corrected chi connectivity index (χ3v) is 4.91. The molecule has 0 saturated carbocycles. The molecule has 1 aliphatic rings. The fourth-order valence-electron chi connectivity index (χ4n) is 2.50. The number of nitrogens with zero attached hydrogens (tertiary/aromatic N) is 1. The molecule has 1 atom stereocenters. The third-order valence-electron chi connectivity index (χ3n) is 3.65. The lowest BCUT2D eigenvalue weighted by atomic mass is 10.2. The molecule has 2 aromatic rings. The zero-order valence-electron chi connectivity index (χ0n) is 12.4. The summed E-state index contributed by atoms with van der Waals surface area (Å²) in [5.74, 6) is 0.915. The van der Waals surface area contributed by atoms with Crippen molar-refractivity contribution in [2.45, 2.75) is 32.0 Å². The van der Waals surface area contributed by atoms with Crippen LogP contribution < -0.4 is 5.32 Å². The molecule has 6 heteroatoms. The first-order chi connectivity index (χ1) is 10.8. The van der Waals surface area contributed by atoms with Gasteiger partial charge >= 0.3 is 0 Å². The van der Waals surface area contributed by atoms with E-state index in [1.54, 1.807) is 17.6 Å². The molecule has 4 nitrogen and oxygen atoms in total. The third kappa shape index (κ3) is 4.32. The van der Waals surface area contributed by atoms with E-state index in [-0.39, 0.29) is 6.10 Å². The van der Waals surface area contributed by atoms with Crippen molar-refractivity contribution in [2.24, 2.45) is 0 Å². The predicted molar refractivity (Wildman–Crippen MR) is 91.8 cm³/mol. The number of thiocarbonyl (C=S) groups is 1. The number of nitrogens with one attached hydrogen (secondary N) is 1. The highest BCUT2D eigenvalue weighted by Crippen LogP contribution is 2.16. The molecular weight excluding hydrogens is 316 g/mol. The van der Waals surface area contributed by atoms with Gasteiger partial charge in [0, 0.05) is 18.0 Å². The molecule has 1 aliphatic heterocycles. The average Bonchev–Trinajstić information content (AvgIpc) is 3.27. The van der Waals surface area contributed by atoms with Crippen molar-refractivity contribution in [1.82, 2.24) is 10.2 Å². The Kier molecular flexibility index (Phi) is 5.48. The topological polar surface area (TPSA) is 37.6 Å². The molecule has 22 heavy (non-hydrogen) atoms. The van der Waals surface area contributed by atoms with Gasteiger partial charge in [-0.25, -0.2) is 0 Å². The molecule has 0 bridgehead atoms. The number of hydrogen-bond donors (Lipinski definition) is 1. The first kappa shape index (κ1) is 15.5. The molecule has 1 N–H and O–H groups in total. The van der Waals surface area contributed by atoms with Gasteiger partial charge in [0.15, 0.2) is 5.11 Å². The van der Waals surface area contributed by atoms with Crippen molar-refractivity contribution in [3.63, 3.8) is 0 Å². The smallest absolute Gasteiger partial charge is 0.169 e. The summed E-state index contributed by atoms with van der Waals surface area (Å²) in [6.45, 7) is 3.10. The highest BCUT2D eigenvalue weighted by molar-refractivity contribution is 7.80. The summed E-state index contributed by atoms with van der Waals surface area (Å²) in [6.07, 6.45) is 4.23. The van der Waals surface area contributed by atoms with E-state index in [9.17, 15) is 0 Å². The van der Waals surface area contributed by atoms with E-state index < -0.39 is 0 Å². The number of rotatable bonds is 6. The van der Waals surface area contributed by atoms with Crippen LogP contribution in [0, 0.1) is 0 Å². The molecular formula is C16H20N2O2S2. The fourth-order valence-corrected chi connectivity index (χ4v) is 3.43. The van der Waals surface area contributed by atoms with Crippen LogP contribution in [0.1, 0.15) is 23.5 Å². The first-order valence-electron chi connectivity index (χ1n) is 7.50. The molecule has 0 spiro atoms. The molecule has 0 aromatic carbocycles. The highest BCUT2D eigenvalue weighted by Gasteiger charge is 2.18. The molecule has 3 heterocycles. The zero-order chi connectivity index (χ0) is 15.2. The first-order valence-corrected chi connectivity index (χ1v) is 8.79. The summed E-state index contributed by atoms with van der Waals surface area (Å²) >= 11 is 7.32. The van der Waals surface area contributed by atoms with Crippen LogP contribution in [0.4, 0.5) is 0 Å². The average molecular weight is 336 g/mol. The number of thiophene rings is 1. The number of furan rings is 1. The normalized spacial score (nSPS) is 17.5. The summed E-state index contributed by atoms with van der Waals surface area (Å²) in [7, 11) is 0. The lowest BCUT2D eigenvalue weighted by molar-refractivity contribution is 0.113. The second-order valence-electron chi connectivity index (χ2n) is 5.34. The Hall–Kier alpha value is -1.37. The Balaban J connectivity index is 1.59. The maximum Gasteiger partial charge on any atom is 0.169 e. The zero-order valence-corrected chi connectivity index (χ0v) is 14.0. The van der Waals surface area contributed by atoms with Crippen molar-refractivity contribution in [3.05, 3.63) is 46.5 Å². The lowest BCUT2D eigenvalue weighted by Gasteiger charge is -2.25. The molecule has 1 fully saturated rings. The van der Waals surface area contributed by atoms with Crippen LogP contribution in [-0.2, 0) is 17.8 Å². The Morgan fingerprint density at radius 3 is 3.00 bits per heavy atom. The van der Waals surface area contributed by atoms with Gasteiger partial charge in [0.05, 0.1) is 25.5 Å². The van der Waals surface area contributed by atoms with Crippen LogP contribution in [0.3, 0.4) is 0 Å². The monoisotopic (exact) mass is 336 g/mol. The van der Waals surface area contributed by atoms with Gasteiger partial charge in [-0.15, -0.1) is 11.3 Å². The quantitative estimate of drug-likeness (QED) is 0.819. The molecule has 2 aromatic heterocycles. The van der Waals surface area contributed by atoms with Crippen LogP contribution in [0.2, 0.25) is 0 Å². The fraction of sp³-hybridized carbons (Fsp3) is 0.438. The predicted octanol–water partition coefficient (Wildman–Crippen LogP) is 3.40. The Morgan fingerprint density at radius 2 is 2.32 bits per heavy atom. The summed E-state index contributed by atoms with van der Waals surface area (Å²) in [4.78, 5) is 3.42. The Bertz CT molecular complexity index is 527. The second-order valence-corrected chi connectivity index (χ2v) is 6.75. The van der Waals surface area contributed by atoms with E-state index in [0.717, 1.165) is 43.4 Å². The van der Waals surface area contributed by atoms with Gasteiger partial charge in [-0.3, -0.25) is 0 Å². The van der Waals surface area contributed by atoms with Crippen molar-refractivity contribution in [2.75, 3.05) is 13.2 Å². The molecule has 0 amide bonds. The molecule has 118 valence electrons. The van der Waals surface area contributed by atoms with Gasteiger partial charge < -0.3 is 19.4 Å². The lowest BCUT2D eigenvalue weighted by Crippen LogP contribution is -2.41. The van der Waals surface area contributed by atoms with Crippen LogP contribution in [0.25, 0.3) is 0 Å². The molecule has 1 unspecified atom stereocenters. The molecule has 1 saturated heterocycles. The van der Waals surface area contributed by atoms with E-state index >= 15 is 0 Å². The second kappa shape index (κ2) is 7.76. The Morgan fingerprint density at radius 1 is 1.36 bits per heavy atom. The summed E-state index contributed by atoms with van der Waals surface area (Å²) in [5, 5.41) is 6.18. The van der Waals surface area contributed by atoms with E-state index in [2.05, 4.69) is 27.7 Å². The van der Waals surface area contributed by atoms with Crippen LogP contribution in [0.5, 0.6) is 0 Å². The van der Waals surface area contributed by atoms with E-state index in [4.69, 9.17) is 21.4 Å². The van der Waals surface area contributed by atoms with Crippen molar-refractivity contribution in [1.29, 1.82) is 0 Å². The standard InChI is InChI=1S/C16H20N2O2S2/c21-16(17-10-13-4-1-7-19-13)18(11-14-5-2-8-20-14)12-15-6-3-9-22-15/h2-3,5-6,8-9,13H,1,4,7,10-12H2,(H,17,21). The number of hydrogen-bond acceptors (Lipinski definition) is 4. The van der Waals surface area contributed by atoms with E-state index in [1.807, 2.05) is 12.1 Å². The van der Waals surface area contributed by atoms with Crippen molar-refractivity contribution in [3.8, 4) is 0 Å². The highest BCUT2D eigenvalue weighted by atomic mass is 32.1. The minimum absolute atomic E-state index is 0.283. The maximum absolute atomic E-state index is 5.64. The molecule has 3 rings (SSSR count). The van der Waals surface area contributed by atoms with E-state index in [0.29, 0.717) is 6.54 Å². The van der Waals surface area contributed by atoms with Crippen LogP contribution >= 0.6 is 23.6 Å². The largest absolute Gasteiger partial charge is 0.467 e. The molecule has 0 radical (unpaired) electrons. The van der Waals surface area contributed by atoms with Gasteiger partial charge in [-0.05, 0) is 48.6 Å². The van der Waals surface area contributed by atoms with Crippen LogP contribution in [-0.4, -0.2) is 29.3 Å². The summed E-state index contributed by atoms with van der Waals surface area (Å²) < 4.78 is 11.1. The van der Waals surface area contributed by atoms with Gasteiger partial charge in [0.25, 0.3) is 0 Å². The SMILES string of the molecule is S=C(NCC1CCCO1)N(Cc1ccco1)Cc1cccs1. The van der Waals surface area contributed by atoms with Crippen molar-refractivity contribution < 1.29 is 9.15 Å².